The van der Waals surface area contributed by atoms with Crippen molar-refractivity contribution in [3.63, 3.8) is 0 Å². The van der Waals surface area contributed by atoms with Crippen LogP contribution in [-0.4, -0.2) is 22.9 Å². The van der Waals surface area contributed by atoms with E-state index < -0.39 is 53.0 Å². The number of benzene rings is 2. The second-order valence-electron chi connectivity index (χ2n) is 6.90. The van der Waals surface area contributed by atoms with E-state index in [4.69, 9.17) is 11.7 Å². The van der Waals surface area contributed by atoms with Crippen molar-refractivity contribution in [3.8, 4) is 0 Å². The minimum absolute atomic E-state index is 0.0143. The van der Waals surface area contributed by atoms with Gasteiger partial charge in [-0.3, -0.25) is 5.01 Å². The summed E-state index contributed by atoms with van der Waals surface area (Å²) in [5.74, 6) is 2.50. The second kappa shape index (κ2) is 8.61. The number of hydrazone groups is 1. The van der Waals surface area contributed by atoms with Gasteiger partial charge in [-0.1, -0.05) is 12.1 Å². The maximum atomic E-state index is 15.5. The first-order chi connectivity index (χ1) is 14.9. The van der Waals surface area contributed by atoms with E-state index in [1.54, 1.807) is 0 Å². The molecule has 1 heterocycles. The summed E-state index contributed by atoms with van der Waals surface area (Å²) >= 11 is 0. The number of nitrogens with two attached hydrogens (primary N) is 2. The minimum atomic E-state index is -4.61. The molecule has 12 heteroatoms. The molecule has 2 aromatic carbocycles. The molecule has 3 rings (SSSR count). The maximum Gasteiger partial charge on any atom is 0.416 e. The van der Waals surface area contributed by atoms with Gasteiger partial charge in [0.1, 0.15) is 23.7 Å². The number of hydrogen-bond acceptors (Lipinski definition) is 4. The van der Waals surface area contributed by atoms with Gasteiger partial charge in [0.25, 0.3) is 5.92 Å². The van der Waals surface area contributed by atoms with E-state index in [-0.39, 0.29) is 10.9 Å². The van der Waals surface area contributed by atoms with Crippen LogP contribution in [0.4, 0.5) is 30.7 Å². The largest absolute Gasteiger partial charge is 0.416 e. The van der Waals surface area contributed by atoms with E-state index in [1.165, 1.54) is 0 Å². The van der Waals surface area contributed by atoms with Gasteiger partial charge in [-0.15, -0.1) is 0 Å². The van der Waals surface area contributed by atoms with Crippen LogP contribution in [0.2, 0.25) is 0 Å². The van der Waals surface area contributed by atoms with Gasteiger partial charge in [0.2, 0.25) is 0 Å². The van der Waals surface area contributed by atoms with Crippen LogP contribution in [0.3, 0.4) is 0 Å². The van der Waals surface area contributed by atoms with E-state index in [2.05, 4.69) is 10.1 Å². The Labute approximate surface area is 177 Å². The van der Waals surface area contributed by atoms with Crippen molar-refractivity contribution in [2.75, 3.05) is 6.54 Å². The Bertz CT molecular complexity index is 1150. The van der Waals surface area contributed by atoms with Crippen LogP contribution in [0, 0.1) is 11.6 Å². The van der Waals surface area contributed by atoms with Crippen LogP contribution in [-0.2, 0) is 12.1 Å². The average molecular weight is 459 g/mol. The van der Waals surface area contributed by atoms with Crippen LogP contribution < -0.4 is 11.7 Å². The highest BCUT2D eigenvalue weighted by atomic mass is 19.4. The van der Waals surface area contributed by atoms with Crippen molar-refractivity contribution in [3.05, 3.63) is 77.0 Å². The van der Waals surface area contributed by atoms with Crippen molar-refractivity contribution < 1.29 is 30.7 Å². The third-order valence-corrected chi connectivity index (χ3v) is 4.74. The van der Waals surface area contributed by atoms with Crippen LogP contribution in [0.5, 0.6) is 0 Å². The van der Waals surface area contributed by atoms with Gasteiger partial charge in [0.15, 0.2) is 0 Å². The van der Waals surface area contributed by atoms with E-state index in [1.807, 2.05) is 0 Å². The number of halogens is 7. The highest BCUT2D eigenvalue weighted by molar-refractivity contribution is 5.79. The lowest BCUT2D eigenvalue weighted by atomic mass is 9.89. The minimum Gasteiger partial charge on any atom is -0.322 e. The van der Waals surface area contributed by atoms with Gasteiger partial charge in [-0.05, 0) is 35.9 Å². The number of hydrogen-bond donors (Lipinski definition) is 2. The molecule has 0 bridgehead atoms. The standard InChI is InChI=1S/C20H16F7N5/c21-13-3-4-14(16(22)8-13)15(9-32(29)10-30-28)19(23,24)18-6-1-11-7-12(20(25,26)27)2-5-17(11)31-18/h1-8,10,15H,9,28-29H2/b30-10-. The molecule has 0 radical (unpaired) electrons. The number of fused-ring (bicyclic) bond motifs is 1. The molecule has 0 saturated carbocycles. The van der Waals surface area contributed by atoms with Gasteiger partial charge >= 0.3 is 6.18 Å². The van der Waals surface area contributed by atoms with Crippen LogP contribution in [0.1, 0.15) is 22.7 Å². The van der Waals surface area contributed by atoms with E-state index in [0.717, 1.165) is 42.7 Å². The number of hydrazine groups is 1. The van der Waals surface area contributed by atoms with Gasteiger partial charge in [0, 0.05) is 18.0 Å². The summed E-state index contributed by atoms with van der Waals surface area (Å²) in [6.07, 6.45) is -3.78. The molecule has 3 aromatic rings. The predicted molar refractivity (Wildman–Crippen MR) is 103 cm³/mol. The third kappa shape index (κ3) is 4.74. The van der Waals surface area contributed by atoms with Gasteiger partial charge in [-0.2, -0.15) is 27.1 Å². The molecular formula is C20H16F7N5. The van der Waals surface area contributed by atoms with Crippen molar-refractivity contribution >= 4 is 17.2 Å². The zero-order chi connectivity index (χ0) is 23.7. The highest BCUT2D eigenvalue weighted by Crippen LogP contribution is 2.43. The predicted octanol–water partition coefficient (Wildman–Crippen LogP) is 4.49. The Hall–Kier alpha value is -3.41. The maximum absolute atomic E-state index is 15.5. The SMILES string of the molecule is N/N=C\N(N)CC(c1ccc(F)cc1F)C(F)(F)c1ccc2cc(C(F)(F)F)ccc2n1. The fourth-order valence-corrected chi connectivity index (χ4v) is 3.20. The lowest BCUT2D eigenvalue weighted by Crippen LogP contribution is -2.40. The summed E-state index contributed by atoms with van der Waals surface area (Å²) in [7, 11) is 0. The molecule has 0 fully saturated rings. The Morgan fingerprint density at radius 1 is 1.00 bits per heavy atom. The van der Waals surface area contributed by atoms with Crippen molar-refractivity contribution in [2.24, 2.45) is 16.8 Å². The molecule has 4 N–H and O–H groups in total. The smallest absolute Gasteiger partial charge is 0.322 e. The first kappa shape index (κ1) is 23.3. The summed E-state index contributed by atoms with van der Waals surface area (Å²) in [6, 6.07) is 6.47. The quantitative estimate of drug-likeness (QED) is 0.187. The number of nitrogens with zero attached hydrogens (tertiary/aromatic N) is 3. The molecule has 0 spiro atoms. The molecule has 0 aliphatic rings. The van der Waals surface area contributed by atoms with Crippen molar-refractivity contribution in [1.82, 2.24) is 9.99 Å². The number of rotatable bonds is 6. The number of aromatic nitrogens is 1. The lowest BCUT2D eigenvalue weighted by Gasteiger charge is -2.30. The lowest BCUT2D eigenvalue weighted by molar-refractivity contribution is -0.137. The van der Waals surface area contributed by atoms with Gasteiger partial charge in [0.05, 0.1) is 17.0 Å². The van der Waals surface area contributed by atoms with Gasteiger partial charge < -0.3 is 5.84 Å². The number of alkyl halides is 5. The van der Waals surface area contributed by atoms with Crippen molar-refractivity contribution in [2.45, 2.75) is 18.0 Å². The molecule has 0 saturated heterocycles. The van der Waals surface area contributed by atoms with E-state index in [0.29, 0.717) is 17.1 Å². The summed E-state index contributed by atoms with van der Waals surface area (Å²) in [6.45, 7) is -0.691. The molecule has 1 aromatic heterocycles. The summed E-state index contributed by atoms with van der Waals surface area (Å²) in [4.78, 5) is 3.79. The van der Waals surface area contributed by atoms with Crippen LogP contribution >= 0.6 is 0 Å². The topological polar surface area (TPSA) is 80.5 Å². The van der Waals surface area contributed by atoms with Crippen LogP contribution in [0.15, 0.2) is 53.6 Å². The molecule has 1 unspecified atom stereocenters. The molecule has 5 nitrogen and oxygen atoms in total. The third-order valence-electron chi connectivity index (χ3n) is 4.74. The monoisotopic (exact) mass is 459 g/mol. The summed E-state index contributed by atoms with van der Waals surface area (Å²) in [5, 5.41) is 3.79. The highest BCUT2D eigenvalue weighted by Gasteiger charge is 2.45. The summed E-state index contributed by atoms with van der Waals surface area (Å²) < 4.78 is 97.4. The van der Waals surface area contributed by atoms with E-state index in [9.17, 15) is 22.0 Å². The molecular weight excluding hydrogens is 443 g/mol. The molecule has 0 aliphatic carbocycles. The molecule has 170 valence electrons. The fraction of sp³-hybridized carbons (Fsp3) is 0.200. The normalized spacial score (nSPS) is 13.6. The Morgan fingerprint density at radius 3 is 2.34 bits per heavy atom. The molecule has 1 atom stereocenters. The Morgan fingerprint density at radius 2 is 1.72 bits per heavy atom. The first-order valence-corrected chi connectivity index (χ1v) is 8.99. The zero-order valence-corrected chi connectivity index (χ0v) is 16.1. The van der Waals surface area contributed by atoms with Crippen LogP contribution in [0.25, 0.3) is 10.9 Å². The second-order valence-corrected chi connectivity index (χ2v) is 6.90. The summed E-state index contributed by atoms with van der Waals surface area (Å²) in [5.41, 5.74) is -2.47. The Balaban J connectivity index is 2.09. The zero-order valence-electron chi connectivity index (χ0n) is 16.1. The first-order valence-electron chi connectivity index (χ1n) is 8.99. The van der Waals surface area contributed by atoms with Gasteiger partial charge in [-0.25, -0.2) is 19.6 Å². The Kier molecular flexibility index (Phi) is 6.26. The average Bonchev–Trinajstić information content (AvgIpc) is 2.71. The number of pyridine rings is 1. The van der Waals surface area contributed by atoms with E-state index >= 15 is 8.78 Å². The molecule has 32 heavy (non-hydrogen) atoms. The fourth-order valence-electron chi connectivity index (χ4n) is 3.20. The molecule has 0 aliphatic heterocycles. The van der Waals surface area contributed by atoms with Crippen molar-refractivity contribution in [1.29, 1.82) is 0 Å². The molecule has 0 amide bonds.